The van der Waals surface area contributed by atoms with Gasteiger partial charge in [-0.15, -0.1) is 0 Å². The molecular formula is C15H24ClN3S. The van der Waals surface area contributed by atoms with Crippen molar-refractivity contribution >= 4 is 29.1 Å². The fourth-order valence-electron chi connectivity index (χ4n) is 2.70. The standard InChI is InChI=1S/C15H24ClN3S/c1-20-11-6-15(12-17)19-9-7-18(8-10-19)14-4-2-13(16)3-5-14/h2-5,15H,6-12,17H2,1H3. The van der Waals surface area contributed by atoms with Crippen LogP contribution in [-0.4, -0.2) is 55.7 Å². The number of hydrogen-bond donors (Lipinski definition) is 1. The van der Waals surface area contributed by atoms with E-state index < -0.39 is 0 Å². The van der Waals surface area contributed by atoms with E-state index in [9.17, 15) is 0 Å². The van der Waals surface area contributed by atoms with Gasteiger partial charge in [-0.05, 0) is 42.7 Å². The summed E-state index contributed by atoms with van der Waals surface area (Å²) >= 11 is 7.84. The zero-order valence-corrected chi connectivity index (χ0v) is 13.7. The van der Waals surface area contributed by atoms with Crippen LogP contribution in [0.1, 0.15) is 6.42 Å². The molecule has 1 heterocycles. The Morgan fingerprint density at radius 1 is 1.20 bits per heavy atom. The van der Waals surface area contributed by atoms with E-state index in [1.165, 1.54) is 17.9 Å². The maximum absolute atomic E-state index is 5.94. The third-order valence-electron chi connectivity index (χ3n) is 3.95. The van der Waals surface area contributed by atoms with Gasteiger partial charge in [0, 0.05) is 49.5 Å². The first-order valence-corrected chi connectivity index (χ1v) is 8.95. The van der Waals surface area contributed by atoms with Crippen LogP contribution in [0.2, 0.25) is 5.02 Å². The predicted octanol–water partition coefficient (Wildman–Crippen LogP) is 2.54. The average molecular weight is 314 g/mol. The first-order chi connectivity index (χ1) is 9.74. The van der Waals surface area contributed by atoms with Gasteiger partial charge in [0.25, 0.3) is 0 Å². The summed E-state index contributed by atoms with van der Waals surface area (Å²) in [5.74, 6) is 1.19. The van der Waals surface area contributed by atoms with Crippen molar-refractivity contribution in [1.29, 1.82) is 0 Å². The summed E-state index contributed by atoms with van der Waals surface area (Å²) in [6, 6.07) is 8.67. The van der Waals surface area contributed by atoms with Crippen molar-refractivity contribution in [2.45, 2.75) is 12.5 Å². The van der Waals surface area contributed by atoms with E-state index >= 15 is 0 Å². The minimum Gasteiger partial charge on any atom is -0.369 e. The van der Waals surface area contributed by atoms with E-state index in [0.29, 0.717) is 6.04 Å². The zero-order valence-electron chi connectivity index (χ0n) is 12.1. The van der Waals surface area contributed by atoms with Crippen LogP contribution in [-0.2, 0) is 0 Å². The highest BCUT2D eigenvalue weighted by Crippen LogP contribution is 2.20. The predicted molar refractivity (Wildman–Crippen MR) is 91.1 cm³/mol. The second kappa shape index (κ2) is 8.13. The molecule has 3 nitrogen and oxygen atoms in total. The quantitative estimate of drug-likeness (QED) is 0.875. The normalized spacial score (nSPS) is 18.2. The van der Waals surface area contributed by atoms with Gasteiger partial charge in [-0.2, -0.15) is 11.8 Å². The molecule has 1 aliphatic rings. The number of piperazine rings is 1. The Labute approximate surface area is 131 Å². The number of rotatable bonds is 6. The Morgan fingerprint density at radius 2 is 1.85 bits per heavy atom. The lowest BCUT2D eigenvalue weighted by molar-refractivity contribution is 0.185. The summed E-state index contributed by atoms with van der Waals surface area (Å²) in [5, 5.41) is 0.799. The lowest BCUT2D eigenvalue weighted by Gasteiger charge is -2.40. The average Bonchev–Trinajstić information content (AvgIpc) is 2.49. The van der Waals surface area contributed by atoms with Gasteiger partial charge in [0.05, 0.1) is 0 Å². The van der Waals surface area contributed by atoms with Gasteiger partial charge < -0.3 is 10.6 Å². The molecule has 0 bridgehead atoms. The number of nitrogens with zero attached hydrogens (tertiary/aromatic N) is 2. The molecular weight excluding hydrogens is 290 g/mol. The minimum atomic E-state index is 0.537. The zero-order chi connectivity index (χ0) is 14.4. The molecule has 0 aliphatic carbocycles. The van der Waals surface area contributed by atoms with Crippen LogP contribution in [0.3, 0.4) is 0 Å². The molecule has 0 spiro atoms. The van der Waals surface area contributed by atoms with Crippen molar-refractivity contribution in [2.75, 3.05) is 49.6 Å². The molecule has 1 aromatic carbocycles. The van der Waals surface area contributed by atoms with Crippen molar-refractivity contribution in [3.05, 3.63) is 29.3 Å². The number of thioether (sulfide) groups is 1. The summed E-state index contributed by atoms with van der Waals surface area (Å²) in [6.45, 7) is 5.09. The molecule has 1 saturated heterocycles. The number of nitrogens with two attached hydrogens (primary N) is 1. The summed E-state index contributed by atoms with van der Waals surface area (Å²) in [5.41, 5.74) is 7.19. The van der Waals surface area contributed by atoms with Gasteiger partial charge in [0.2, 0.25) is 0 Å². The third-order valence-corrected chi connectivity index (χ3v) is 4.85. The van der Waals surface area contributed by atoms with Crippen LogP contribution in [0.15, 0.2) is 24.3 Å². The van der Waals surface area contributed by atoms with Gasteiger partial charge in [-0.1, -0.05) is 11.6 Å². The number of benzene rings is 1. The van der Waals surface area contributed by atoms with Crippen LogP contribution in [0.4, 0.5) is 5.69 Å². The molecule has 112 valence electrons. The summed E-state index contributed by atoms with van der Waals surface area (Å²) in [6.07, 6.45) is 3.35. The van der Waals surface area contributed by atoms with Crippen LogP contribution < -0.4 is 10.6 Å². The third kappa shape index (κ3) is 4.29. The molecule has 2 rings (SSSR count). The fraction of sp³-hybridized carbons (Fsp3) is 0.600. The molecule has 2 N–H and O–H groups in total. The number of halogens is 1. The van der Waals surface area contributed by atoms with Crippen LogP contribution >= 0.6 is 23.4 Å². The summed E-state index contributed by atoms with van der Waals surface area (Å²) in [7, 11) is 0. The Bertz CT molecular complexity index is 391. The van der Waals surface area contributed by atoms with E-state index in [4.69, 9.17) is 17.3 Å². The van der Waals surface area contributed by atoms with Crippen molar-refractivity contribution in [2.24, 2.45) is 5.73 Å². The maximum atomic E-state index is 5.94. The SMILES string of the molecule is CSCCC(CN)N1CCN(c2ccc(Cl)cc2)CC1. The Morgan fingerprint density at radius 3 is 2.40 bits per heavy atom. The summed E-state index contributed by atoms with van der Waals surface area (Å²) in [4.78, 5) is 4.97. The number of anilines is 1. The lowest BCUT2D eigenvalue weighted by Crippen LogP contribution is -2.52. The molecule has 1 aliphatic heterocycles. The van der Waals surface area contributed by atoms with Gasteiger partial charge >= 0.3 is 0 Å². The molecule has 1 aromatic rings. The highest BCUT2D eigenvalue weighted by atomic mass is 35.5. The highest BCUT2D eigenvalue weighted by Gasteiger charge is 2.22. The second-order valence-electron chi connectivity index (χ2n) is 5.17. The van der Waals surface area contributed by atoms with Crippen molar-refractivity contribution < 1.29 is 0 Å². The molecule has 5 heteroatoms. The van der Waals surface area contributed by atoms with Crippen molar-refractivity contribution in [3.8, 4) is 0 Å². The van der Waals surface area contributed by atoms with E-state index in [1.54, 1.807) is 0 Å². The van der Waals surface area contributed by atoms with Crippen LogP contribution in [0.25, 0.3) is 0 Å². The van der Waals surface area contributed by atoms with E-state index in [2.05, 4.69) is 28.2 Å². The molecule has 0 radical (unpaired) electrons. The first-order valence-electron chi connectivity index (χ1n) is 7.18. The molecule has 1 fully saturated rings. The van der Waals surface area contributed by atoms with Gasteiger partial charge in [-0.3, -0.25) is 4.90 Å². The lowest BCUT2D eigenvalue weighted by atomic mass is 10.1. The van der Waals surface area contributed by atoms with Crippen molar-refractivity contribution in [1.82, 2.24) is 4.90 Å². The topological polar surface area (TPSA) is 32.5 Å². The van der Waals surface area contributed by atoms with E-state index in [-0.39, 0.29) is 0 Å². The Balaban J connectivity index is 1.86. The van der Waals surface area contributed by atoms with Gasteiger partial charge in [0.1, 0.15) is 0 Å². The molecule has 0 amide bonds. The minimum absolute atomic E-state index is 0.537. The van der Waals surface area contributed by atoms with Crippen LogP contribution in [0, 0.1) is 0 Å². The van der Waals surface area contributed by atoms with E-state index in [0.717, 1.165) is 37.7 Å². The highest BCUT2D eigenvalue weighted by molar-refractivity contribution is 7.98. The molecule has 20 heavy (non-hydrogen) atoms. The second-order valence-corrected chi connectivity index (χ2v) is 6.59. The van der Waals surface area contributed by atoms with Gasteiger partial charge in [0.15, 0.2) is 0 Å². The fourth-order valence-corrected chi connectivity index (χ4v) is 3.33. The first kappa shape index (κ1) is 16.0. The Kier molecular flexibility index (Phi) is 6.49. The smallest absolute Gasteiger partial charge is 0.0407 e. The largest absolute Gasteiger partial charge is 0.369 e. The molecule has 1 atom stereocenters. The maximum Gasteiger partial charge on any atom is 0.0407 e. The van der Waals surface area contributed by atoms with Crippen molar-refractivity contribution in [3.63, 3.8) is 0 Å². The Hall–Kier alpha value is -0.420. The summed E-state index contributed by atoms with van der Waals surface area (Å²) < 4.78 is 0. The van der Waals surface area contributed by atoms with E-state index in [1.807, 2.05) is 23.9 Å². The monoisotopic (exact) mass is 313 g/mol. The molecule has 0 saturated carbocycles. The molecule has 1 unspecified atom stereocenters. The molecule has 0 aromatic heterocycles. The van der Waals surface area contributed by atoms with Crippen LogP contribution in [0.5, 0.6) is 0 Å². The van der Waals surface area contributed by atoms with Gasteiger partial charge in [-0.25, -0.2) is 0 Å². The number of hydrogen-bond acceptors (Lipinski definition) is 4.